The van der Waals surface area contributed by atoms with Crippen molar-refractivity contribution in [3.05, 3.63) is 71.2 Å². The molecular formula is C35H37FN6O5S. The quantitative estimate of drug-likeness (QED) is 0.165. The second-order valence-corrected chi connectivity index (χ2v) is 14.9. The van der Waals surface area contributed by atoms with Gasteiger partial charge in [0, 0.05) is 48.1 Å². The molecule has 1 aliphatic carbocycles. The number of fused-ring (bicyclic) bond motifs is 2. The van der Waals surface area contributed by atoms with Crippen LogP contribution in [0.2, 0.25) is 0 Å². The fourth-order valence-corrected chi connectivity index (χ4v) is 7.42. The second kappa shape index (κ2) is 12.0. The molecule has 2 aromatic heterocycles. The summed E-state index contributed by atoms with van der Waals surface area (Å²) < 4.78 is 49.5. The standard InChI is InChI=1S/C35H37FN6O5S/c1-5-48(45,46)34-38-31-25(33(39-34)41(4)23-13-14-42(18-23)35(43)44)15-24(22-11-12-22)30(32(31)47-20(3)21-9-7-6-8-10-21)29-19(2)27(36)16-28-26(29)17-37-40-28/h6-10,15-17,20,22-23H,5,11-14,18H2,1-4H3,(H,37,40)(H,43,44)/t20-,23-/m0/s1. The van der Waals surface area contributed by atoms with Crippen molar-refractivity contribution in [2.45, 2.75) is 63.3 Å². The number of likely N-dealkylation sites (N-methyl/N-ethyl adjacent to an activating group) is 1. The number of nitrogens with zero attached hydrogens (tertiary/aromatic N) is 5. The third-order valence-corrected chi connectivity index (χ3v) is 11.2. The van der Waals surface area contributed by atoms with Gasteiger partial charge >= 0.3 is 6.09 Å². The van der Waals surface area contributed by atoms with Gasteiger partial charge in [0.25, 0.3) is 0 Å². The molecule has 0 bridgehead atoms. The van der Waals surface area contributed by atoms with E-state index in [1.165, 1.54) is 17.9 Å². The van der Waals surface area contributed by atoms with Crippen LogP contribution in [0.5, 0.6) is 5.75 Å². The number of sulfone groups is 1. The van der Waals surface area contributed by atoms with E-state index in [9.17, 15) is 18.3 Å². The maximum Gasteiger partial charge on any atom is 0.407 e. The summed E-state index contributed by atoms with van der Waals surface area (Å²) in [7, 11) is -2.10. The molecule has 11 nitrogen and oxygen atoms in total. The molecule has 2 fully saturated rings. The molecule has 0 radical (unpaired) electrons. The fourth-order valence-electron chi connectivity index (χ4n) is 6.70. The lowest BCUT2D eigenvalue weighted by Gasteiger charge is -2.29. The van der Waals surface area contributed by atoms with Crippen molar-refractivity contribution in [1.29, 1.82) is 0 Å². The van der Waals surface area contributed by atoms with E-state index < -0.39 is 27.9 Å². The minimum atomic E-state index is -3.91. The lowest BCUT2D eigenvalue weighted by molar-refractivity contribution is 0.155. The summed E-state index contributed by atoms with van der Waals surface area (Å²) in [5, 5.41) is 17.7. The zero-order valence-electron chi connectivity index (χ0n) is 27.2. The first kappa shape index (κ1) is 31.8. The van der Waals surface area contributed by atoms with Crippen molar-refractivity contribution >= 4 is 43.6 Å². The molecule has 1 amide bonds. The van der Waals surface area contributed by atoms with Crippen molar-refractivity contribution < 1.29 is 27.4 Å². The van der Waals surface area contributed by atoms with Crippen molar-refractivity contribution in [3.63, 3.8) is 0 Å². The molecule has 48 heavy (non-hydrogen) atoms. The van der Waals surface area contributed by atoms with Crippen LogP contribution in [0.15, 0.2) is 53.8 Å². The monoisotopic (exact) mass is 672 g/mol. The van der Waals surface area contributed by atoms with Gasteiger partial charge in [-0.2, -0.15) is 5.10 Å². The number of carboxylic acid groups (broad SMARTS) is 1. The van der Waals surface area contributed by atoms with Crippen LogP contribution in [0.25, 0.3) is 32.9 Å². The topological polar surface area (TPSA) is 142 Å². The SMILES string of the molecule is CCS(=O)(=O)c1nc(N(C)[C@H]2CCN(C(=O)O)C2)c2cc(C3CC3)c(-c3c(C)c(F)cc4[nH]ncc34)c(O[C@@H](C)c3ccccc3)c2n1. The maximum atomic E-state index is 15.6. The number of benzene rings is 3. The second-order valence-electron chi connectivity index (χ2n) is 12.7. The van der Waals surface area contributed by atoms with Crippen molar-refractivity contribution in [2.24, 2.45) is 0 Å². The molecule has 1 saturated carbocycles. The van der Waals surface area contributed by atoms with E-state index in [4.69, 9.17) is 9.72 Å². The van der Waals surface area contributed by atoms with Crippen molar-refractivity contribution in [2.75, 3.05) is 30.8 Å². The first-order valence-electron chi connectivity index (χ1n) is 16.1. The smallest absolute Gasteiger partial charge is 0.407 e. The van der Waals surface area contributed by atoms with E-state index in [-0.39, 0.29) is 34.9 Å². The van der Waals surface area contributed by atoms with Gasteiger partial charge in [-0.25, -0.2) is 27.6 Å². The van der Waals surface area contributed by atoms with E-state index in [0.717, 1.165) is 24.0 Å². The molecule has 13 heteroatoms. The molecule has 2 atom stereocenters. The van der Waals surface area contributed by atoms with Crippen LogP contribution < -0.4 is 9.64 Å². The molecule has 0 spiro atoms. The van der Waals surface area contributed by atoms with Gasteiger partial charge in [0.15, 0.2) is 5.75 Å². The fraction of sp³-hybridized carbons (Fsp3) is 0.371. The highest BCUT2D eigenvalue weighted by Crippen LogP contribution is 2.53. The molecule has 2 N–H and O–H groups in total. The predicted octanol–water partition coefficient (Wildman–Crippen LogP) is 6.62. The predicted molar refractivity (Wildman–Crippen MR) is 181 cm³/mol. The molecule has 7 rings (SSSR count). The number of rotatable bonds is 9. The van der Waals surface area contributed by atoms with E-state index in [1.54, 1.807) is 13.1 Å². The molecule has 5 aromatic rings. The molecule has 2 aliphatic rings. The summed E-state index contributed by atoms with van der Waals surface area (Å²) in [6, 6.07) is 12.8. The number of anilines is 1. The number of likely N-dealkylation sites (tertiary alicyclic amines) is 1. The summed E-state index contributed by atoms with van der Waals surface area (Å²) in [6.07, 6.45) is 2.56. The Morgan fingerprint density at radius 3 is 2.56 bits per heavy atom. The van der Waals surface area contributed by atoms with Crippen LogP contribution >= 0.6 is 0 Å². The average molecular weight is 673 g/mol. The lowest BCUT2D eigenvalue weighted by atomic mass is 9.88. The van der Waals surface area contributed by atoms with Crippen LogP contribution in [0, 0.1) is 12.7 Å². The number of nitrogens with one attached hydrogen (secondary N) is 1. The summed E-state index contributed by atoms with van der Waals surface area (Å²) in [5.41, 5.74) is 4.31. The minimum absolute atomic E-state index is 0.148. The molecule has 3 aromatic carbocycles. The Kier molecular flexibility index (Phi) is 7.97. The van der Waals surface area contributed by atoms with Gasteiger partial charge in [-0.1, -0.05) is 37.3 Å². The van der Waals surface area contributed by atoms with E-state index >= 15 is 4.39 Å². The molecule has 1 saturated heterocycles. The molecule has 0 unspecified atom stereocenters. The largest absolute Gasteiger partial charge is 0.483 e. The number of hydrogen-bond donors (Lipinski definition) is 2. The number of amides is 1. The highest BCUT2D eigenvalue weighted by molar-refractivity contribution is 7.91. The van der Waals surface area contributed by atoms with E-state index in [0.29, 0.717) is 57.5 Å². The van der Waals surface area contributed by atoms with Gasteiger partial charge in [0.2, 0.25) is 15.0 Å². The van der Waals surface area contributed by atoms with Crippen LogP contribution in [0.3, 0.4) is 0 Å². The highest BCUT2D eigenvalue weighted by Gasteiger charge is 2.36. The molecule has 1 aliphatic heterocycles. The number of aromatic nitrogens is 4. The Balaban J connectivity index is 1.57. The van der Waals surface area contributed by atoms with Crippen LogP contribution in [-0.2, 0) is 9.84 Å². The van der Waals surface area contributed by atoms with Crippen molar-refractivity contribution in [3.8, 4) is 16.9 Å². The van der Waals surface area contributed by atoms with Crippen LogP contribution in [0.1, 0.15) is 61.8 Å². The summed E-state index contributed by atoms with van der Waals surface area (Å²) >= 11 is 0. The zero-order chi connectivity index (χ0) is 33.9. The summed E-state index contributed by atoms with van der Waals surface area (Å²) in [5.74, 6) is 0.228. The van der Waals surface area contributed by atoms with Crippen molar-refractivity contribution in [1.82, 2.24) is 25.1 Å². The Hall–Kier alpha value is -4.78. The number of H-pyrrole nitrogens is 1. The average Bonchev–Trinajstić information content (AvgIpc) is 3.61. The Labute approximate surface area is 277 Å². The number of aromatic amines is 1. The maximum absolute atomic E-state index is 15.6. The molecular weight excluding hydrogens is 635 g/mol. The minimum Gasteiger partial charge on any atom is -0.483 e. The summed E-state index contributed by atoms with van der Waals surface area (Å²) in [6.45, 7) is 5.78. The Bertz CT molecular complexity index is 2170. The lowest BCUT2D eigenvalue weighted by Crippen LogP contribution is -2.37. The van der Waals surface area contributed by atoms with E-state index in [1.807, 2.05) is 55.3 Å². The zero-order valence-corrected chi connectivity index (χ0v) is 28.0. The number of halogens is 1. The van der Waals surface area contributed by atoms with Gasteiger partial charge in [0.05, 0.1) is 17.5 Å². The van der Waals surface area contributed by atoms with Gasteiger partial charge in [-0.15, -0.1) is 0 Å². The van der Waals surface area contributed by atoms with Gasteiger partial charge in [-0.05, 0) is 67.9 Å². The van der Waals surface area contributed by atoms with Crippen LogP contribution in [-0.4, -0.2) is 76.6 Å². The first-order chi connectivity index (χ1) is 23.0. The molecule has 250 valence electrons. The van der Waals surface area contributed by atoms with E-state index in [2.05, 4.69) is 15.2 Å². The third-order valence-electron chi connectivity index (χ3n) is 9.68. The van der Waals surface area contributed by atoms with Gasteiger partial charge in [0.1, 0.15) is 23.3 Å². The normalized spacial score (nSPS) is 17.3. The summed E-state index contributed by atoms with van der Waals surface area (Å²) in [4.78, 5) is 24.4. The van der Waals surface area contributed by atoms with Gasteiger partial charge in [-0.3, -0.25) is 5.10 Å². The third kappa shape index (κ3) is 5.49. The first-order valence-corrected chi connectivity index (χ1v) is 17.8. The Morgan fingerprint density at radius 2 is 1.90 bits per heavy atom. The number of carbonyl (C=O) groups is 1. The highest BCUT2D eigenvalue weighted by atomic mass is 32.2. The van der Waals surface area contributed by atoms with Gasteiger partial charge < -0.3 is 19.6 Å². The molecule has 3 heterocycles. The Morgan fingerprint density at radius 1 is 1.15 bits per heavy atom. The number of ether oxygens (including phenoxy) is 1. The number of hydrogen-bond acceptors (Lipinski definition) is 8. The van der Waals surface area contributed by atoms with Crippen LogP contribution in [0.4, 0.5) is 15.0 Å².